The van der Waals surface area contributed by atoms with E-state index in [1.165, 1.54) is 0 Å². The van der Waals surface area contributed by atoms with Gasteiger partial charge in [0.2, 0.25) is 5.91 Å². The minimum Gasteiger partial charge on any atom is -0.394 e. The lowest BCUT2D eigenvalue weighted by Crippen LogP contribution is -2.54. The number of hydrogen-bond donors (Lipinski definition) is 3. The number of carbonyl (C=O) groups excluding carboxylic acids is 2. The number of morpholine rings is 1. The Morgan fingerprint density at radius 1 is 1.25 bits per heavy atom. The van der Waals surface area contributed by atoms with E-state index >= 15 is 0 Å². The molecule has 2 aromatic carbocycles. The number of aliphatic hydroxyl groups excluding tert-OH is 1. The first-order valence-corrected chi connectivity index (χ1v) is 9.24. The topological polar surface area (TPSA) is 105 Å². The summed E-state index contributed by atoms with van der Waals surface area (Å²) in [5.41, 5.74) is 8.60. The lowest BCUT2D eigenvalue weighted by atomic mass is 9.99. The smallest absolute Gasteiger partial charge is 0.255 e. The zero-order valence-corrected chi connectivity index (χ0v) is 15.8. The highest BCUT2D eigenvalue weighted by molar-refractivity contribution is 6.05. The molecule has 2 aromatic rings. The molecule has 0 unspecified atom stereocenters. The van der Waals surface area contributed by atoms with Gasteiger partial charge in [-0.25, -0.2) is 0 Å². The van der Waals surface area contributed by atoms with Crippen molar-refractivity contribution in [2.24, 2.45) is 5.73 Å². The van der Waals surface area contributed by atoms with Crippen LogP contribution in [0.25, 0.3) is 0 Å². The van der Waals surface area contributed by atoms with Crippen LogP contribution < -0.4 is 11.1 Å². The summed E-state index contributed by atoms with van der Waals surface area (Å²) in [5.74, 6) is -0.351. The lowest BCUT2D eigenvalue weighted by molar-refractivity contribution is -0.160. The molecule has 1 fully saturated rings. The number of hydrogen-bond acceptors (Lipinski definition) is 5. The van der Waals surface area contributed by atoms with Gasteiger partial charge in [-0.1, -0.05) is 30.3 Å². The molecule has 3 rings (SSSR count). The first kappa shape index (κ1) is 20.0. The summed E-state index contributed by atoms with van der Waals surface area (Å²) < 4.78 is 5.68. The Kier molecular flexibility index (Phi) is 6.41. The van der Waals surface area contributed by atoms with Gasteiger partial charge in [0.15, 0.2) is 0 Å². The minimum atomic E-state index is -0.489. The molecule has 0 spiro atoms. The van der Waals surface area contributed by atoms with E-state index in [0.717, 1.165) is 11.1 Å². The van der Waals surface area contributed by atoms with Crippen LogP contribution in [0.5, 0.6) is 0 Å². The van der Waals surface area contributed by atoms with Crippen molar-refractivity contribution in [1.82, 2.24) is 4.90 Å². The molecule has 2 amide bonds. The normalized spacial score (nSPS) is 19.5. The molecule has 4 N–H and O–H groups in total. The first-order valence-electron chi connectivity index (χ1n) is 9.24. The first-order chi connectivity index (χ1) is 13.5. The number of carbonyl (C=O) groups is 2. The van der Waals surface area contributed by atoms with Crippen molar-refractivity contribution >= 4 is 17.5 Å². The average molecular weight is 383 g/mol. The van der Waals surface area contributed by atoms with Gasteiger partial charge in [0.25, 0.3) is 5.91 Å². The second-order valence-corrected chi connectivity index (χ2v) is 6.75. The van der Waals surface area contributed by atoms with Crippen LogP contribution in [0.1, 0.15) is 27.6 Å². The SMILES string of the molecule is Cc1ccccc1C(=O)Nc1ccc([C@H]2OCC(=O)N(CCN)[C@@H]2CO)cc1. The van der Waals surface area contributed by atoms with Gasteiger partial charge in [0.1, 0.15) is 12.7 Å². The number of nitrogens with one attached hydrogen (secondary N) is 1. The molecule has 1 heterocycles. The van der Waals surface area contributed by atoms with E-state index in [1.807, 2.05) is 37.3 Å². The third kappa shape index (κ3) is 4.22. The quantitative estimate of drug-likeness (QED) is 0.701. The standard InChI is InChI=1S/C21H25N3O4/c1-14-4-2-3-5-17(14)21(27)23-16-8-6-15(7-9-16)20-18(12-25)24(11-10-22)19(26)13-28-20/h2-9,18,20,25H,10-13,22H2,1H3,(H,23,27)/t18-,20-/m1/s1. The number of amides is 2. The highest BCUT2D eigenvalue weighted by atomic mass is 16.5. The lowest BCUT2D eigenvalue weighted by Gasteiger charge is -2.40. The molecule has 0 aromatic heterocycles. The minimum absolute atomic E-state index is 0.0487. The molecule has 0 bridgehead atoms. The third-order valence-corrected chi connectivity index (χ3v) is 4.90. The maximum atomic E-state index is 12.4. The van der Waals surface area contributed by atoms with Gasteiger partial charge in [-0.2, -0.15) is 0 Å². The van der Waals surface area contributed by atoms with Crippen molar-refractivity contribution in [1.29, 1.82) is 0 Å². The highest BCUT2D eigenvalue weighted by Crippen LogP contribution is 2.29. The van der Waals surface area contributed by atoms with Gasteiger partial charge in [-0.15, -0.1) is 0 Å². The van der Waals surface area contributed by atoms with E-state index < -0.39 is 12.1 Å². The Balaban J connectivity index is 1.74. The van der Waals surface area contributed by atoms with Gasteiger partial charge in [0, 0.05) is 24.3 Å². The predicted octanol–water partition coefficient (Wildman–Crippen LogP) is 1.47. The Labute approximate surface area is 164 Å². The second kappa shape index (κ2) is 8.97. The Morgan fingerprint density at radius 2 is 1.96 bits per heavy atom. The fraction of sp³-hybridized carbons (Fsp3) is 0.333. The number of nitrogens with zero attached hydrogens (tertiary/aromatic N) is 1. The summed E-state index contributed by atoms with van der Waals surface area (Å²) in [4.78, 5) is 26.1. The van der Waals surface area contributed by atoms with Crippen LogP contribution in [0.2, 0.25) is 0 Å². The zero-order valence-electron chi connectivity index (χ0n) is 15.8. The molecule has 1 aliphatic rings. The molecule has 1 saturated heterocycles. The molecule has 7 nitrogen and oxygen atoms in total. The molecule has 0 saturated carbocycles. The van der Waals surface area contributed by atoms with Crippen molar-refractivity contribution < 1.29 is 19.4 Å². The van der Waals surface area contributed by atoms with E-state index in [1.54, 1.807) is 23.1 Å². The predicted molar refractivity (Wildman–Crippen MR) is 106 cm³/mol. The van der Waals surface area contributed by atoms with Crippen molar-refractivity contribution in [3.63, 3.8) is 0 Å². The number of rotatable bonds is 6. The van der Waals surface area contributed by atoms with Crippen LogP contribution in [0, 0.1) is 6.92 Å². The highest BCUT2D eigenvalue weighted by Gasteiger charge is 2.36. The number of nitrogens with two attached hydrogens (primary N) is 1. The fourth-order valence-corrected chi connectivity index (χ4v) is 3.43. The molecular weight excluding hydrogens is 358 g/mol. The largest absolute Gasteiger partial charge is 0.394 e. The maximum absolute atomic E-state index is 12.4. The molecule has 0 aliphatic carbocycles. The van der Waals surface area contributed by atoms with Crippen LogP contribution >= 0.6 is 0 Å². The van der Waals surface area contributed by atoms with Crippen molar-refractivity contribution in [3.05, 3.63) is 65.2 Å². The van der Waals surface area contributed by atoms with Crippen molar-refractivity contribution in [3.8, 4) is 0 Å². The van der Waals surface area contributed by atoms with Gasteiger partial charge >= 0.3 is 0 Å². The second-order valence-electron chi connectivity index (χ2n) is 6.75. The number of aliphatic hydroxyl groups is 1. The van der Waals surface area contributed by atoms with Gasteiger partial charge in [-0.3, -0.25) is 9.59 Å². The molecular formula is C21H25N3O4. The van der Waals surface area contributed by atoms with E-state index in [4.69, 9.17) is 10.5 Å². The molecule has 2 atom stereocenters. The maximum Gasteiger partial charge on any atom is 0.255 e. The van der Waals surface area contributed by atoms with Gasteiger partial charge in [-0.05, 0) is 36.2 Å². The number of anilines is 1. The monoisotopic (exact) mass is 383 g/mol. The summed E-state index contributed by atoms with van der Waals surface area (Å²) in [6.45, 7) is 2.31. The third-order valence-electron chi connectivity index (χ3n) is 4.90. The molecule has 1 aliphatic heterocycles. The van der Waals surface area contributed by atoms with Crippen molar-refractivity contribution in [2.75, 3.05) is 31.6 Å². The molecule has 7 heteroatoms. The fourth-order valence-electron chi connectivity index (χ4n) is 3.43. The average Bonchev–Trinajstić information content (AvgIpc) is 2.70. The van der Waals surface area contributed by atoms with Crippen LogP contribution in [0.4, 0.5) is 5.69 Å². The summed E-state index contributed by atoms with van der Waals surface area (Å²) in [5, 5.41) is 12.7. The summed E-state index contributed by atoms with van der Waals surface area (Å²) >= 11 is 0. The summed E-state index contributed by atoms with van der Waals surface area (Å²) in [6.07, 6.45) is -0.449. The Hall–Kier alpha value is -2.74. The van der Waals surface area contributed by atoms with Crippen LogP contribution in [0.15, 0.2) is 48.5 Å². The van der Waals surface area contributed by atoms with Crippen LogP contribution in [0.3, 0.4) is 0 Å². The Morgan fingerprint density at radius 3 is 2.61 bits per heavy atom. The van der Waals surface area contributed by atoms with E-state index in [-0.39, 0.29) is 25.0 Å². The van der Waals surface area contributed by atoms with E-state index in [0.29, 0.717) is 24.3 Å². The summed E-state index contributed by atoms with van der Waals surface area (Å²) in [7, 11) is 0. The summed E-state index contributed by atoms with van der Waals surface area (Å²) in [6, 6.07) is 14.1. The molecule has 148 valence electrons. The van der Waals surface area contributed by atoms with E-state index in [2.05, 4.69) is 5.32 Å². The van der Waals surface area contributed by atoms with Crippen molar-refractivity contribution in [2.45, 2.75) is 19.1 Å². The van der Waals surface area contributed by atoms with E-state index in [9.17, 15) is 14.7 Å². The number of ether oxygens (including phenoxy) is 1. The molecule has 0 radical (unpaired) electrons. The number of benzene rings is 2. The Bertz CT molecular complexity index is 838. The van der Waals surface area contributed by atoms with Crippen LogP contribution in [-0.4, -0.2) is 54.2 Å². The van der Waals surface area contributed by atoms with Gasteiger partial charge in [0.05, 0.1) is 12.6 Å². The number of aryl methyl sites for hydroxylation is 1. The van der Waals surface area contributed by atoms with Gasteiger partial charge < -0.3 is 25.8 Å². The van der Waals surface area contributed by atoms with Crippen LogP contribution in [-0.2, 0) is 9.53 Å². The molecule has 28 heavy (non-hydrogen) atoms. The zero-order chi connectivity index (χ0) is 20.1.